The number of aryl methyl sites for hydroxylation is 2. The van der Waals surface area contributed by atoms with Gasteiger partial charge in [-0.3, -0.25) is 9.78 Å². The van der Waals surface area contributed by atoms with Crippen molar-refractivity contribution < 1.29 is 4.79 Å². The molecule has 0 radical (unpaired) electrons. The summed E-state index contributed by atoms with van der Waals surface area (Å²) < 4.78 is 0. The summed E-state index contributed by atoms with van der Waals surface area (Å²) in [5.41, 5.74) is 4.71. The molecule has 4 nitrogen and oxygen atoms in total. The topological polar surface area (TPSA) is 57.8 Å². The van der Waals surface area contributed by atoms with Crippen LogP contribution in [0.4, 0.5) is 0 Å². The molecular weight excluding hydrogens is 262 g/mol. The highest BCUT2D eigenvalue weighted by atomic mass is 16.1. The van der Waals surface area contributed by atoms with Crippen molar-refractivity contribution in [2.24, 2.45) is 0 Å². The van der Waals surface area contributed by atoms with E-state index in [1.807, 2.05) is 44.2 Å². The second-order valence-electron chi connectivity index (χ2n) is 5.17. The zero-order valence-electron chi connectivity index (χ0n) is 12.1. The Morgan fingerprint density at radius 1 is 1.24 bits per heavy atom. The van der Waals surface area contributed by atoms with E-state index < -0.39 is 0 Å². The zero-order valence-corrected chi connectivity index (χ0v) is 12.1. The first-order valence-electron chi connectivity index (χ1n) is 6.92. The van der Waals surface area contributed by atoms with Gasteiger partial charge < -0.3 is 10.3 Å². The van der Waals surface area contributed by atoms with E-state index in [0.717, 1.165) is 33.3 Å². The van der Waals surface area contributed by atoms with Crippen molar-refractivity contribution >= 4 is 16.8 Å². The van der Waals surface area contributed by atoms with Crippen molar-refractivity contribution in [1.82, 2.24) is 15.3 Å². The number of aromatic nitrogens is 2. The van der Waals surface area contributed by atoms with Gasteiger partial charge >= 0.3 is 0 Å². The summed E-state index contributed by atoms with van der Waals surface area (Å²) in [5, 5.41) is 3.96. The minimum Gasteiger partial charge on any atom is -0.358 e. The van der Waals surface area contributed by atoms with E-state index in [4.69, 9.17) is 0 Å². The molecule has 0 atom stereocenters. The molecule has 0 aliphatic heterocycles. The molecule has 0 bridgehead atoms. The molecule has 2 N–H and O–H groups in total. The number of benzene rings is 1. The van der Waals surface area contributed by atoms with E-state index in [1.165, 1.54) is 0 Å². The monoisotopic (exact) mass is 279 g/mol. The van der Waals surface area contributed by atoms with Crippen molar-refractivity contribution in [3.05, 3.63) is 65.1 Å². The van der Waals surface area contributed by atoms with E-state index in [-0.39, 0.29) is 5.91 Å². The number of rotatable bonds is 3. The van der Waals surface area contributed by atoms with E-state index in [0.29, 0.717) is 6.54 Å². The van der Waals surface area contributed by atoms with Gasteiger partial charge in [-0.25, -0.2) is 0 Å². The quantitative estimate of drug-likeness (QED) is 0.774. The van der Waals surface area contributed by atoms with E-state index >= 15 is 0 Å². The molecular formula is C17H17N3O. The van der Waals surface area contributed by atoms with E-state index in [1.54, 1.807) is 12.4 Å². The van der Waals surface area contributed by atoms with Crippen LogP contribution in [0.2, 0.25) is 0 Å². The molecule has 0 spiro atoms. The molecule has 0 fully saturated rings. The van der Waals surface area contributed by atoms with Gasteiger partial charge in [0.15, 0.2) is 0 Å². The van der Waals surface area contributed by atoms with Gasteiger partial charge in [-0.2, -0.15) is 0 Å². The predicted octanol–water partition coefficient (Wildman–Crippen LogP) is 3.11. The van der Waals surface area contributed by atoms with Crippen LogP contribution >= 0.6 is 0 Å². The number of aromatic amines is 1. The Morgan fingerprint density at radius 3 is 2.86 bits per heavy atom. The zero-order chi connectivity index (χ0) is 14.8. The second-order valence-corrected chi connectivity index (χ2v) is 5.17. The fourth-order valence-corrected chi connectivity index (χ4v) is 2.61. The first-order chi connectivity index (χ1) is 10.2. The van der Waals surface area contributed by atoms with Crippen LogP contribution < -0.4 is 5.32 Å². The highest BCUT2D eigenvalue weighted by Crippen LogP contribution is 2.25. The van der Waals surface area contributed by atoms with Crippen molar-refractivity contribution in [2.75, 3.05) is 0 Å². The van der Waals surface area contributed by atoms with Crippen molar-refractivity contribution in [3.63, 3.8) is 0 Å². The van der Waals surface area contributed by atoms with Gasteiger partial charge in [0.2, 0.25) is 0 Å². The fourth-order valence-electron chi connectivity index (χ4n) is 2.61. The van der Waals surface area contributed by atoms with Gasteiger partial charge in [-0.05, 0) is 37.1 Å². The lowest BCUT2D eigenvalue weighted by molar-refractivity contribution is 0.0952. The van der Waals surface area contributed by atoms with Crippen LogP contribution in [-0.4, -0.2) is 15.9 Å². The van der Waals surface area contributed by atoms with Gasteiger partial charge in [0.1, 0.15) is 0 Å². The largest absolute Gasteiger partial charge is 0.358 e. The Hall–Kier alpha value is -2.62. The molecule has 0 saturated heterocycles. The van der Waals surface area contributed by atoms with Crippen LogP contribution in [0.15, 0.2) is 42.7 Å². The lowest BCUT2D eigenvalue weighted by Crippen LogP contribution is -2.23. The van der Waals surface area contributed by atoms with E-state index in [2.05, 4.69) is 15.3 Å². The Bertz CT molecular complexity index is 790. The summed E-state index contributed by atoms with van der Waals surface area (Å²) in [6, 6.07) is 9.81. The molecule has 1 amide bonds. The molecule has 0 saturated carbocycles. The molecule has 4 heteroatoms. The first-order valence-corrected chi connectivity index (χ1v) is 6.92. The van der Waals surface area contributed by atoms with Crippen LogP contribution in [0.1, 0.15) is 27.2 Å². The summed E-state index contributed by atoms with van der Waals surface area (Å²) >= 11 is 0. The Balaban J connectivity index is 1.90. The average molecular weight is 279 g/mol. The fraction of sp³-hybridized carbons (Fsp3) is 0.176. The highest BCUT2D eigenvalue weighted by molar-refractivity contribution is 6.09. The van der Waals surface area contributed by atoms with Crippen LogP contribution in [0.3, 0.4) is 0 Å². The number of pyridine rings is 1. The number of carbonyl (C=O) groups excluding carboxylic acids is 1. The summed E-state index contributed by atoms with van der Waals surface area (Å²) in [5.74, 6) is -0.0584. The van der Waals surface area contributed by atoms with Gasteiger partial charge in [0.05, 0.1) is 5.56 Å². The van der Waals surface area contributed by atoms with Gasteiger partial charge in [-0.15, -0.1) is 0 Å². The smallest absolute Gasteiger partial charge is 0.254 e. The number of nitrogens with one attached hydrogen (secondary N) is 2. The minimum absolute atomic E-state index is 0.0584. The van der Waals surface area contributed by atoms with Crippen molar-refractivity contribution in [2.45, 2.75) is 20.4 Å². The molecule has 21 heavy (non-hydrogen) atoms. The lowest BCUT2D eigenvalue weighted by atomic mass is 10.1. The van der Waals surface area contributed by atoms with Crippen LogP contribution in [-0.2, 0) is 6.54 Å². The number of carbonyl (C=O) groups is 1. The molecule has 3 rings (SSSR count). The summed E-state index contributed by atoms with van der Waals surface area (Å²) in [7, 11) is 0. The van der Waals surface area contributed by atoms with Crippen molar-refractivity contribution in [1.29, 1.82) is 0 Å². The second kappa shape index (κ2) is 5.40. The Labute approximate surface area is 123 Å². The van der Waals surface area contributed by atoms with Crippen LogP contribution in [0.25, 0.3) is 10.9 Å². The molecule has 0 unspecified atom stereocenters. The molecule has 0 aliphatic carbocycles. The number of amides is 1. The number of fused-ring (bicyclic) bond motifs is 1. The maximum absolute atomic E-state index is 12.5. The van der Waals surface area contributed by atoms with Gasteiger partial charge in [-0.1, -0.05) is 18.2 Å². The molecule has 2 aromatic heterocycles. The maximum Gasteiger partial charge on any atom is 0.254 e. The summed E-state index contributed by atoms with van der Waals surface area (Å²) in [6.07, 6.45) is 3.48. The summed E-state index contributed by atoms with van der Waals surface area (Å²) in [6.45, 7) is 4.43. The lowest BCUT2D eigenvalue weighted by Gasteiger charge is -2.06. The highest BCUT2D eigenvalue weighted by Gasteiger charge is 2.17. The van der Waals surface area contributed by atoms with Gasteiger partial charge in [0.25, 0.3) is 5.91 Å². The third kappa shape index (κ3) is 2.52. The standard InChI is InChI=1S/C17H17N3O/c1-11-5-3-7-14-15(11)16(12(2)20-14)17(21)19-10-13-6-4-8-18-9-13/h3-9,20H,10H2,1-2H3,(H,19,21). The number of nitrogens with zero attached hydrogens (tertiary/aromatic N) is 1. The third-order valence-corrected chi connectivity index (χ3v) is 3.62. The molecule has 106 valence electrons. The Morgan fingerprint density at radius 2 is 2.10 bits per heavy atom. The number of H-pyrrole nitrogens is 1. The number of hydrogen-bond donors (Lipinski definition) is 2. The molecule has 2 heterocycles. The number of hydrogen-bond acceptors (Lipinski definition) is 2. The van der Waals surface area contributed by atoms with Gasteiger partial charge in [0, 0.05) is 35.5 Å². The van der Waals surface area contributed by atoms with Crippen LogP contribution in [0, 0.1) is 13.8 Å². The maximum atomic E-state index is 12.5. The third-order valence-electron chi connectivity index (χ3n) is 3.62. The van der Waals surface area contributed by atoms with Crippen LogP contribution in [0.5, 0.6) is 0 Å². The van der Waals surface area contributed by atoms with E-state index in [9.17, 15) is 4.79 Å². The first kappa shape index (κ1) is 13.4. The van der Waals surface area contributed by atoms with Crippen molar-refractivity contribution in [3.8, 4) is 0 Å². The molecule has 0 aliphatic rings. The normalized spacial score (nSPS) is 10.8. The average Bonchev–Trinajstić information content (AvgIpc) is 2.83. The predicted molar refractivity (Wildman–Crippen MR) is 83.2 cm³/mol. The minimum atomic E-state index is -0.0584. The summed E-state index contributed by atoms with van der Waals surface area (Å²) in [4.78, 5) is 19.8. The SMILES string of the molecule is Cc1[nH]c2cccc(C)c2c1C(=O)NCc1cccnc1. The Kier molecular flexibility index (Phi) is 3.44. The molecule has 3 aromatic rings. The molecule has 1 aromatic carbocycles.